The van der Waals surface area contributed by atoms with Crippen LogP contribution in [-0.2, 0) is 10.9 Å². The van der Waals surface area contributed by atoms with Gasteiger partial charge in [-0.15, -0.1) is 0 Å². The number of alkyl halides is 3. The van der Waals surface area contributed by atoms with Gasteiger partial charge in [0.1, 0.15) is 6.10 Å². The largest absolute Gasteiger partial charge is 0.416 e. The van der Waals surface area contributed by atoms with Crippen molar-refractivity contribution in [3.05, 3.63) is 35.4 Å². The number of ether oxygens (including phenoxy) is 1. The van der Waals surface area contributed by atoms with Gasteiger partial charge >= 0.3 is 6.18 Å². The van der Waals surface area contributed by atoms with Crippen LogP contribution in [0.5, 0.6) is 0 Å². The molecule has 0 heterocycles. The second kappa shape index (κ2) is 5.97. The van der Waals surface area contributed by atoms with Crippen molar-refractivity contribution in [3.63, 3.8) is 0 Å². The first-order valence-electron chi connectivity index (χ1n) is 7.19. The van der Waals surface area contributed by atoms with Gasteiger partial charge in [0.05, 0.1) is 11.2 Å². The van der Waals surface area contributed by atoms with Crippen LogP contribution in [0, 0.1) is 5.92 Å². The van der Waals surface area contributed by atoms with Gasteiger partial charge in [0.15, 0.2) is 0 Å². The molecule has 0 amide bonds. The maximum absolute atomic E-state index is 12.6. The zero-order valence-corrected chi connectivity index (χ0v) is 12.3. The van der Waals surface area contributed by atoms with Gasteiger partial charge in [-0.3, -0.25) is 0 Å². The van der Waals surface area contributed by atoms with Gasteiger partial charge in [0, 0.05) is 7.11 Å². The van der Waals surface area contributed by atoms with Gasteiger partial charge in [-0.25, -0.2) is 0 Å². The van der Waals surface area contributed by atoms with Gasteiger partial charge in [-0.2, -0.15) is 13.2 Å². The Morgan fingerprint density at radius 2 is 1.71 bits per heavy atom. The molecule has 1 aliphatic carbocycles. The number of aliphatic hydroxyl groups is 1. The fraction of sp³-hybridized carbons (Fsp3) is 0.625. The van der Waals surface area contributed by atoms with Gasteiger partial charge in [-0.1, -0.05) is 19.1 Å². The van der Waals surface area contributed by atoms with Crippen LogP contribution in [0.25, 0.3) is 0 Å². The molecular formula is C16H21F3O2. The van der Waals surface area contributed by atoms with Crippen LogP contribution >= 0.6 is 0 Å². The summed E-state index contributed by atoms with van der Waals surface area (Å²) < 4.78 is 43.3. The minimum atomic E-state index is -4.36. The fourth-order valence-electron chi connectivity index (χ4n) is 3.00. The Morgan fingerprint density at radius 1 is 1.19 bits per heavy atom. The standard InChI is InChI=1S/C16H21F3O2/c1-11-7-9-15(21-2,10-8-11)14(20)12-3-5-13(6-4-12)16(17,18)19/h3-6,11,14,20H,7-10H2,1-2H3. The normalized spacial score (nSPS) is 28.4. The molecule has 1 atom stereocenters. The topological polar surface area (TPSA) is 29.5 Å². The molecule has 0 bridgehead atoms. The third-order valence-electron chi connectivity index (χ3n) is 4.58. The third-order valence-corrected chi connectivity index (χ3v) is 4.58. The Kier molecular flexibility index (Phi) is 4.63. The van der Waals surface area contributed by atoms with Crippen molar-refractivity contribution in [2.24, 2.45) is 5.92 Å². The molecule has 0 radical (unpaired) electrons. The SMILES string of the molecule is COC1(C(O)c2ccc(C(F)(F)F)cc2)CCC(C)CC1. The summed E-state index contributed by atoms with van der Waals surface area (Å²) in [5.74, 6) is 0.591. The van der Waals surface area contributed by atoms with Crippen molar-refractivity contribution in [3.8, 4) is 0 Å². The van der Waals surface area contributed by atoms with E-state index in [1.165, 1.54) is 12.1 Å². The Balaban J connectivity index is 2.20. The molecule has 0 saturated heterocycles. The molecule has 0 aromatic heterocycles. The van der Waals surface area contributed by atoms with Crippen molar-refractivity contribution in [1.29, 1.82) is 0 Å². The number of hydrogen-bond acceptors (Lipinski definition) is 2. The monoisotopic (exact) mass is 302 g/mol. The first-order chi connectivity index (χ1) is 9.78. The third kappa shape index (κ3) is 3.40. The second-order valence-corrected chi connectivity index (χ2v) is 5.97. The number of halogens is 3. The Labute approximate surface area is 122 Å². The van der Waals surface area contributed by atoms with E-state index in [0.717, 1.165) is 25.0 Å². The summed E-state index contributed by atoms with van der Waals surface area (Å²) in [6.07, 6.45) is -1.93. The van der Waals surface area contributed by atoms with E-state index in [1.54, 1.807) is 7.11 Å². The molecule has 1 aliphatic rings. The molecule has 0 aliphatic heterocycles. The first kappa shape index (κ1) is 16.3. The highest BCUT2D eigenvalue weighted by molar-refractivity contribution is 5.27. The number of rotatable bonds is 3. The van der Waals surface area contributed by atoms with Crippen LogP contribution < -0.4 is 0 Å². The molecule has 1 N–H and O–H groups in total. The predicted molar refractivity (Wildman–Crippen MR) is 73.8 cm³/mol. The maximum atomic E-state index is 12.6. The Hall–Kier alpha value is -1.07. The van der Waals surface area contributed by atoms with E-state index in [4.69, 9.17) is 4.74 Å². The highest BCUT2D eigenvalue weighted by Crippen LogP contribution is 2.43. The lowest BCUT2D eigenvalue weighted by Crippen LogP contribution is -2.41. The van der Waals surface area contributed by atoms with Crippen molar-refractivity contribution in [2.45, 2.75) is 50.5 Å². The highest BCUT2D eigenvalue weighted by atomic mass is 19.4. The molecule has 1 unspecified atom stereocenters. The Morgan fingerprint density at radius 3 is 2.14 bits per heavy atom. The number of aliphatic hydroxyl groups excluding tert-OH is 1. The second-order valence-electron chi connectivity index (χ2n) is 5.97. The van der Waals surface area contributed by atoms with E-state index >= 15 is 0 Å². The molecule has 21 heavy (non-hydrogen) atoms. The average molecular weight is 302 g/mol. The summed E-state index contributed by atoms with van der Waals surface area (Å²) in [5.41, 5.74) is -0.923. The van der Waals surface area contributed by atoms with E-state index < -0.39 is 23.4 Å². The average Bonchev–Trinajstić information content (AvgIpc) is 2.47. The first-order valence-corrected chi connectivity index (χ1v) is 7.19. The molecule has 118 valence electrons. The van der Waals surface area contributed by atoms with E-state index in [2.05, 4.69) is 6.92 Å². The molecule has 2 nitrogen and oxygen atoms in total. The lowest BCUT2D eigenvalue weighted by molar-refractivity contribution is -0.138. The van der Waals surface area contributed by atoms with E-state index in [0.29, 0.717) is 24.3 Å². The van der Waals surface area contributed by atoms with Crippen LogP contribution in [0.1, 0.15) is 49.8 Å². The van der Waals surface area contributed by atoms with Gasteiger partial charge in [0.2, 0.25) is 0 Å². The van der Waals surface area contributed by atoms with Crippen molar-refractivity contribution < 1.29 is 23.0 Å². The number of hydrogen-bond donors (Lipinski definition) is 1. The summed E-state index contributed by atoms with van der Waals surface area (Å²) in [7, 11) is 1.56. The molecule has 5 heteroatoms. The van der Waals surface area contributed by atoms with Gasteiger partial charge < -0.3 is 9.84 Å². The van der Waals surface area contributed by atoms with Crippen molar-refractivity contribution in [2.75, 3.05) is 7.11 Å². The summed E-state index contributed by atoms with van der Waals surface area (Å²) >= 11 is 0. The van der Waals surface area contributed by atoms with Crippen LogP contribution in [0.2, 0.25) is 0 Å². The smallest absolute Gasteiger partial charge is 0.385 e. The van der Waals surface area contributed by atoms with Crippen molar-refractivity contribution >= 4 is 0 Å². The molecule has 1 aromatic rings. The minimum absolute atomic E-state index is 0.472. The van der Waals surface area contributed by atoms with Crippen LogP contribution in [0.3, 0.4) is 0 Å². The molecule has 2 rings (SSSR count). The van der Waals surface area contributed by atoms with Crippen LogP contribution in [0.15, 0.2) is 24.3 Å². The zero-order valence-electron chi connectivity index (χ0n) is 12.3. The van der Waals surface area contributed by atoms with Gasteiger partial charge in [0.25, 0.3) is 0 Å². The molecule has 1 saturated carbocycles. The molecular weight excluding hydrogens is 281 g/mol. The molecule has 1 fully saturated rings. The maximum Gasteiger partial charge on any atom is 0.416 e. The van der Waals surface area contributed by atoms with Crippen molar-refractivity contribution in [1.82, 2.24) is 0 Å². The molecule has 1 aromatic carbocycles. The quantitative estimate of drug-likeness (QED) is 0.900. The Bertz CT molecular complexity index is 459. The van der Waals surface area contributed by atoms with E-state index in [9.17, 15) is 18.3 Å². The lowest BCUT2D eigenvalue weighted by atomic mass is 9.74. The van der Waals surface area contributed by atoms with E-state index in [1.807, 2.05) is 0 Å². The highest BCUT2D eigenvalue weighted by Gasteiger charge is 2.41. The summed E-state index contributed by atoms with van der Waals surface area (Å²) in [5, 5.41) is 10.6. The predicted octanol–water partition coefficient (Wildman–Crippen LogP) is 4.33. The van der Waals surface area contributed by atoms with Gasteiger partial charge in [-0.05, 0) is 49.3 Å². The summed E-state index contributed by atoms with van der Waals surface area (Å²) in [4.78, 5) is 0. The number of benzene rings is 1. The molecule has 0 spiro atoms. The minimum Gasteiger partial charge on any atom is -0.385 e. The summed E-state index contributed by atoms with van der Waals surface area (Å²) in [6.45, 7) is 2.16. The van der Waals surface area contributed by atoms with Crippen LogP contribution in [0.4, 0.5) is 13.2 Å². The number of methoxy groups -OCH3 is 1. The lowest BCUT2D eigenvalue weighted by Gasteiger charge is -2.41. The summed E-state index contributed by atoms with van der Waals surface area (Å²) in [6, 6.07) is 4.69. The zero-order chi connectivity index (χ0) is 15.7. The fourth-order valence-corrected chi connectivity index (χ4v) is 3.00. The van der Waals surface area contributed by atoms with Crippen LogP contribution in [-0.4, -0.2) is 17.8 Å². The van der Waals surface area contributed by atoms with E-state index in [-0.39, 0.29) is 0 Å².